The third kappa shape index (κ3) is 4.78. The molecule has 5 heteroatoms. The number of carbonyl (C=O) groups excluding carboxylic acids is 2. The highest BCUT2D eigenvalue weighted by atomic mass is 16.2. The Morgan fingerprint density at radius 1 is 1.03 bits per heavy atom. The molecule has 1 heterocycles. The number of aryl methyl sites for hydroxylation is 3. The largest absolute Gasteiger partial charge is 0.326 e. The maximum Gasteiger partial charge on any atom is 0.324 e. The number of urea groups is 1. The van der Waals surface area contributed by atoms with E-state index in [0.29, 0.717) is 13.1 Å². The summed E-state index contributed by atoms with van der Waals surface area (Å²) in [5.41, 5.74) is 6.56. The molecule has 3 rings (SSSR count). The van der Waals surface area contributed by atoms with Gasteiger partial charge in [0.2, 0.25) is 5.91 Å². The van der Waals surface area contributed by atoms with Crippen LogP contribution in [0.2, 0.25) is 0 Å². The van der Waals surface area contributed by atoms with Crippen LogP contribution < -0.4 is 10.2 Å². The van der Waals surface area contributed by atoms with Gasteiger partial charge in [-0.05, 0) is 68.1 Å². The first-order chi connectivity index (χ1) is 13.8. The number of hydrogen-bond donors (Lipinski definition) is 1. The van der Waals surface area contributed by atoms with E-state index in [0.717, 1.165) is 24.3 Å². The normalized spacial score (nSPS) is 14.5. The van der Waals surface area contributed by atoms with E-state index in [4.69, 9.17) is 0 Å². The molecule has 1 fully saturated rings. The molecule has 2 aromatic carbocycles. The minimum Gasteiger partial charge on any atom is -0.326 e. The van der Waals surface area contributed by atoms with Crippen molar-refractivity contribution in [3.05, 3.63) is 58.7 Å². The topological polar surface area (TPSA) is 52.6 Å². The number of carbonyl (C=O) groups is 2. The fraction of sp³-hybridized carbons (Fsp3) is 0.417. The Hall–Kier alpha value is -2.82. The maximum atomic E-state index is 13.2. The predicted octanol–water partition coefficient (Wildman–Crippen LogP) is 5.04. The Balaban J connectivity index is 1.73. The first-order valence-electron chi connectivity index (χ1n) is 10.3. The second-order valence-electron chi connectivity index (χ2n) is 8.28. The first kappa shape index (κ1) is 20.9. The van der Waals surface area contributed by atoms with Crippen molar-refractivity contribution in [1.29, 1.82) is 0 Å². The Labute approximate surface area is 173 Å². The third-order valence-electron chi connectivity index (χ3n) is 5.47. The molecule has 3 amide bonds. The molecule has 0 radical (unpaired) electrons. The Morgan fingerprint density at radius 2 is 1.66 bits per heavy atom. The summed E-state index contributed by atoms with van der Waals surface area (Å²) in [6, 6.07) is 11.9. The molecule has 29 heavy (non-hydrogen) atoms. The Kier molecular flexibility index (Phi) is 6.26. The molecule has 1 aliphatic heterocycles. The maximum absolute atomic E-state index is 13.2. The van der Waals surface area contributed by atoms with Gasteiger partial charge in [0.25, 0.3) is 0 Å². The van der Waals surface area contributed by atoms with E-state index in [1.807, 2.05) is 47.9 Å². The van der Waals surface area contributed by atoms with Crippen molar-refractivity contribution in [3.8, 4) is 0 Å². The van der Waals surface area contributed by atoms with Crippen molar-refractivity contribution in [2.24, 2.45) is 5.92 Å². The molecule has 5 nitrogen and oxygen atoms in total. The smallest absolute Gasteiger partial charge is 0.324 e. The third-order valence-corrected chi connectivity index (χ3v) is 5.47. The van der Waals surface area contributed by atoms with Crippen LogP contribution in [0, 0.1) is 26.7 Å². The fourth-order valence-corrected chi connectivity index (χ4v) is 3.83. The highest BCUT2D eigenvalue weighted by molar-refractivity contribution is 5.94. The van der Waals surface area contributed by atoms with Gasteiger partial charge in [-0.25, -0.2) is 4.79 Å². The minimum atomic E-state index is -0.0689. The molecular weight excluding hydrogens is 362 g/mol. The van der Waals surface area contributed by atoms with Crippen molar-refractivity contribution in [2.45, 2.75) is 47.6 Å². The van der Waals surface area contributed by atoms with Crippen molar-refractivity contribution in [2.75, 3.05) is 23.3 Å². The summed E-state index contributed by atoms with van der Waals surface area (Å²) in [5.74, 6) is -0.0811. The number of anilines is 2. The predicted molar refractivity (Wildman–Crippen MR) is 118 cm³/mol. The average molecular weight is 394 g/mol. The minimum absolute atomic E-state index is 0.0122. The van der Waals surface area contributed by atoms with Crippen LogP contribution in [-0.4, -0.2) is 29.9 Å². The molecule has 0 spiro atoms. The van der Waals surface area contributed by atoms with Gasteiger partial charge in [-0.1, -0.05) is 31.5 Å². The molecule has 0 unspecified atom stereocenters. The summed E-state index contributed by atoms with van der Waals surface area (Å²) in [5, 5.41) is 2.89. The van der Waals surface area contributed by atoms with Gasteiger partial charge in [0.05, 0.1) is 0 Å². The average Bonchev–Trinajstić information content (AvgIpc) is 2.66. The van der Waals surface area contributed by atoms with Gasteiger partial charge in [0.15, 0.2) is 0 Å². The lowest BCUT2D eigenvalue weighted by Crippen LogP contribution is -2.49. The molecule has 154 valence electrons. The molecule has 0 saturated carbocycles. The molecule has 1 aliphatic rings. The van der Waals surface area contributed by atoms with Gasteiger partial charge >= 0.3 is 6.03 Å². The lowest BCUT2D eigenvalue weighted by molar-refractivity contribution is -0.118. The van der Waals surface area contributed by atoms with Gasteiger partial charge in [0, 0.05) is 36.9 Å². The van der Waals surface area contributed by atoms with E-state index in [-0.39, 0.29) is 17.9 Å². The zero-order valence-corrected chi connectivity index (χ0v) is 18.1. The highest BCUT2D eigenvalue weighted by Crippen LogP contribution is 2.25. The van der Waals surface area contributed by atoms with E-state index in [2.05, 4.69) is 38.2 Å². The van der Waals surface area contributed by atoms with Crippen LogP contribution in [0.15, 0.2) is 36.4 Å². The molecule has 0 aliphatic carbocycles. The summed E-state index contributed by atoms with van der Waals surface area (Å²) >= 11 is 0. The van der Waals surface area contributed by atoms with Crippen LogP contribution in [0.4, 0.5) is 16.2 Å². The monoisotopic (exact) mass is 393 g/mol. The molecule has 0 bridgehead atoms. The van der Waals surface area contributed by atoms with Crippen LogP contribution in [0.5, 0.6) is 0 Å². The zero-order valence-electron chi connectivity index (χ0n) is 18.1. The van der Waals surface area contributed by atoms with Crippen LogP contribution in [-0.2, 0) is 11.3 Å². The van der Waals surface area contributed by atoms with Gasteiger partial charge in [-0.2, -0.15) is 0 Å². The van der Waals surface area contributed by atoms with E-state index in [1.54, 1.807) is 0 Å². The Morgan fingerprint density at radius 3 is 2.24 bits per heavy atom. The number of rotatable bonds is 5. The summed E-state index contributed by atoms with van der Waals surface area (Å²) in [7, 11) is 0. The van der Waals surface area contributed by atoms with Crippen LogP contribution in [0.3, 0.4) is 0 Å². The lowest BCUT2D eigenvalue weighted by atomic mass is 9.99. The van der Waals surface area contributed by atoms with E-state index in [1.165, 1.54) is 22.3 Å². The quantitative estimate of drug-likeness (QED) is 0.774. The van der Waals surface area contributed by atoms with Crippen molar-refractivity contribution in [1.82, 2.24) is 4.90 Å². The van der Waals surface area contributed by atoms with Gasteiger partial charge in [0.1, 0.15) is 0 Å². The van der Waals surface area contributed by atoms with Gasteiger partial charge < -0.3 is 10.2 Å². The first-order valence-corrected chi connectivity index (χ1v) is 10.3. The van der Waals surface area contributed by atoms with Gasteiger partial charge in [-0.15, -0.1) is 0 Å². The van der Waals surface area contributed by atoms with Crippen LogP contribution in [0.25, 0.3) is 0 Å². The number of nitrogens with one attached hydrogen (secondary N) is 1. The van der Waals surface area contributed by atoms with Crippen molar-refractivity contribution >= 4 is 23.3 Å². The molecule has 1 N–H and O–H groups in total. The Bertz CT molecular complexity index is 880. The summed E-state index contributed by atoms with van der Waals surface area (Å²) in [4.78, 5) is 28.8. The molecule has 0 aromatic heterocycles. The second kappa shape index (κ2) is 8.68. The number of amides is 3. The van der Waals surface area contributed by atoms with Crippen LogP contribution in [0.1, 0.15) is 42.5 Å². The van der Waals surface area contributed by atoms with Crippen molar-refractivity contribution < 1.29 is 9.59 Å². The van der Waals surface area contributed by atoms with Crippen molar-refractivity contribution in [3.63, 3.8) is 0 Å². The summed E-state index contributed by atoms with van der Waals surface area (Å²) in [6.45, 7) is 12.2. The number of hydrogen-bond acceptors (Lipinski definition) is 2. The standard InChI is InChI=1S/C24H31N3O2/c1-16(2)23(28)25-20-7-9-21(10-8-20)27-12-6-11-26(24(27)29)15-22-18(4)13-17(3)14-19(22)5/h7-10,13-14,16H,6,11-12,15H2,1-5H3,(H,25,28). The second-order valence-corrected chi connectivity index (χ2v) is 8.28. The summed E-state index contributed by atoms with van der Waals surface area (Å²) < 4.78 is 0. The lowest BCUT2D eigenvalue weighted by Gasteiger charge is -2.36. The molecule has 2 aromatic rings. The fourth-order valence-electron chi connectivity index (χ4n) is 3.83. The number of nitrogens with zero attached hydrogens (tertiary/aromatic N) is 2. The zero-order chi connectivity index (χ0) is 21.1. The van der Waals surface area contributed by atoms with E-state index < -0.39 is 0 Å². The van der Waals surface area contributed by atoms with Gasteiger partial charge in [-0.3, -0.25) is 9.69 Å². The molecule has 1 saturated heterocycles. The highest BCUT2D eigenvalue weighted by Gasteiger charge is 2.27. The molecular formula is C24H31N3O2. The van der Waals surface area contributed by atoms with Crippen LogP contribution >= 0.6 is 0 Å². The number of benzene rings is 2. The molecule has 0 atom stereocenters. The SMILES string of the molecule is Cc1cc(C)c(CN2CCCN(c3ccc(NC(=O)C(C)C)cc3)C2=O)c(C)c1. The van der Waals surface area contributed by atoms with E-state index in [9.17, 15) is 9.59 Å². The van der Waals surface area contributed by atoms with E-state index >= 15 is 0 Å². The summed E-state index contributed by atoms with van der Waals surface area (Å²) in [6.07, 6.45) is 0.932.